The first-order valence-electron chi connectivity index (χ1n) is 7.77. The lowest BCUT2D eigenvalue weighted by molar-refractivity contribution is 0.208. The van der Waals surface area contributed by atoms with Crippen molar-refractivity contribution < 1.29 is 4.74 Å². The number of hydrogen-bond acceptors (Lipinski definition) is 3. The lowest BCUT2D eigenvalue weighted by Gasteiger charge is -2.20. The summed E-state index contributed by atoms with van der Waals surface area (Å²) in [5.74, 6) is 0.859. The van der Waals surface area contributed by atoms with Crippen LogP contribution >= 0.6 is 35.6 Å². The van der Waals surface area contributed by atoms with Gasteiger partial charge in [0.15, 0.2) is 5.96 Å². The van der Waals surface area contributed by atoms with Gasteiger partial charge in [0.05, 0.1) is 13.2 Å². The van der Waals surface area contributed by atoms with Crippen molar-refractivity contribution >= 4 is 47.2 Å². The molecule has 1 aliphatic heterocycles. The molecule has 2 rings (SSSR count). The van der Waals surface area contributed by atoms with Crippen molar-refractivity contribution in [2.45, 2.75) is 19.4 Å². The maximum Gasteiger partial charge on any atom is 0.191 e. The molecule has 0 saturated carbocycles. The summed E-state index contributed by atoms with van der Waals surface area (Å²) < 4.78 is 5.04. The van der Waals surface area contributed by atoms with Gasteiger partial charge < -0.3 is 20.3 Å². The first-order chi connectivity index (χ1) is 10.7. The van der Waals surface area contributed by atoms with Gasteiger partial charge in [-0.3, -0.25) is 4.99 Å². The lowest BCUT2D eigenvalue weighted by Crippen LogP contribution is -2.44. The molecule has 1 aromatic rings. The van der Waals surface area contributed by atoms with Crippen LogP contribution in [0.4, 0.5) is 5.69 Å². The monoisotopic (exact) mass is 452 g/mol. The quantitative estimate of drug-likeness (QED) is 0.302. The lowest BCUT2D eigenvalue weighted by atomic mass is 10.3. The molecule has 1 atom stereocenters. The minimum Gasteiger partial charge on any atom is -0.383 e. The zero-order valence-electron chi connectivity index (χ0n) is 13.7. The summed E-state index contributed by atoms with van der Waals surface area (Å²) in [6.07, 6.45) is 1.08. The number of nitrogens with zero attached hydrogens (tertiary/aromatic N) is 2. The number of rotatable bonds is 6. The third-order valence-corrected chi connectivity index (χ3v) is 3.85. The second kappa shape index (κ2) is 10.9. The van der Waals surface area contributed by atoms with Gasteiger partial charge >= 0.3 is 0 Å². The SMILES string of the molecule is CCNC(=NCCOC)NC1CCN(c2cccc(Cl)c2)C1.I. The number of hydrogen-bond donors (Lipinski definition) is 2. The Kier molecular flexibility index (Phi) is 9.66. The second-order valence-electron chi connectivity index (χ2n) is 5.31. The Bertz CT molecular complexity index is 501. The van der Waals surface area contributed by atoms with Crippen LogP contribution in [0.5, 0.6) is 0 Å². The Balaban J connectivity index is 0.00000264. The molecule has 1 aliphatic rings. The predicted octanol–water partition coefficient (Wildman–Crippen LogP) is 2.74. The van der Waals surface area contributed by atoms with Gasteiger partial charge in [0.1, 0.15) is 0 Å². The molecule has 0 aliphatic carbocycles. The molecule has 0 amide bonds. The highest BCUT2D eigenvalue weighted by Gasteiger charge is 2.23. The Morgan fingerprint density at radius 2 is 2.30 bits per heavy atom. The van der Waals surface area contributed by atoms with Gasteiger partial charge in [-0.05, 0) is 31.5 Å². The molecule has 0 bridgehead atoms. The summed E-state index contributed by atoms with van der Waals surface area (Å²) in [5.41, 5.74) is 1.18. The van der Waals surface area contributed by atoms with Gasteiger partial charge in [-0.2, -0.15) is 0 Å². The average molecular weight is 453 g/mol. The molecule has 1 heterocycles. The molecule has 130 valence electrons. The van der Waals surface area contributed by atoms with E-state index in [2.05, 4.69) is 33.5 Å². The van der Waals surface area contributed by atoms with E-state index < -0.39 is 0 Å². The largest absolute Gasteiger partial charge is 0.383 e. The third kappa shape index (κ3) is 6.73. The molecular formula is C16H26ClIN4O. The van der Waals surface area contributed by atoms with Crippen LogP contribution in [0, 0.1) is 0 Å². The Labute approximate surface area is 160 Å². The normalized spacial score (nSPS) is 17.8. The number of nitrogens with one attached hydrogen (secondary N) is 2. The molecule has 2 N–H and O–H groups in total. The molecule has 1 aromatic carbocycles. The summed E-state index contributed by atoms with van der Waals surface area (Å²) in [6.45, 7) is 6.20. The summed E-state index contributed by atoms with van der Waals surface area (Å²) in [4.78, 5) is 6.86. The van der Waals surface area contributed by atoms with E-state index in [1.807, 2.05) is 18.2 Å². The molecule has 0 radical (unpaired) electrons. The molecule has 1 saturated heterocycles. The number of anilines is 1. The minimum atomic E-state index is 0. The molecular weight excluding hydrogens is 427 g/mol. The fourth-order valence-electron chi connectivity index (χ4n) is 2.55. The van der Waals surface area contributed by atoms with Crippen molar-refractivity contribution in [3.63, 3.8) is 0 Å². The van der Waals surface area contributed by atoms with E-state index >= 15 is 0 Å². The zero-order chi connectivity index (χ0) is 15.8. The van der Waals surface area contributed by atoms with E-state index in [4.69, 9.17) is 16.3 Å². The van der Waals surface area contributed by atoms with Crippen molar-refractivity contribution in [3.8, 4) is 0 Å². The summed E-state index contributed by atoms with van der Waals surface area (Å²) in [5, 5.41) is 7.56. The Morgan fingerprint density at radius 3 is 3.00 bits per heavy atom. The fourth-order valence-corrected chi connectivity index (χ4v) is 2.73. The Hall–Kier alpha value is -0.730. The van der Waals surface area contributed by atoms with Crippen LogP contribution in [0.3, 0.4) is 0 Å². The maximum atomic E-state index is 6.07. The number of aliphatic imine (C=N–C) groups is 1. The van der Waals surface area contributed by atoms with E-state index in [9.17, 15) is 0 Å². The zero-order valence-corrected chi connectivity index (χ0v) is 16.8. The summed E-state index contributed by atoms with van der Waals surface area (Å²) in [7, 11) is 1.69. The highest BCUT2D eigenvalue weighted by atomic mass is 127. The Morgan fingerprint density at radius 1 is 1.48 bits per heavy atom. The highest BCUT2D eigenvalue weighted by molar-refractivity contribution is 14.0. The number of methoxy groups -OCH3 is 1. The molecule has 5 nitrogen and oxygen atoms in total. The molecule has 1 unspecified atom stereocenters. The van der Waals surface area contributed by atoms with E-state index in [0.29, 0.717) is 19.2 Å². The maximum absolute atomic E-state index is 6.07. The van der Waals surface area contributed by atoms with Crippen LogP contribution < -0.4 is 15.5 Å². The van der Waals surface area contributed by atoms with E-state index in [0.717, 1.165) is 37.0 Å². The standard InChI is InChI=1S/C16H25ClN4O.HI/c1-3-18-16(19-8-10-22-2)20-14-7-9-21(12-14)15-6-4-5-13(17)11-15;/h4-6,11,14H,3,7-10,12H2,1-2H3,(H2,18,19,20);1H. The van der Waals surface area contributed by atoms with Crippen LogP contribution in [0.15, 0.2) is 29.3 Å². The number of ether oxygens (including phenoxy) is 1. The van der Waals surface area contributed by atoms with Crippen molar-refractivity contribution in [2.75, 3.05) is 44.8 Å². The number of guanidine groups is 1. The molecule has 1 fully saturated rings. The summed E-state index contributed by atoms with van der Waals surface area (Å²) >= 11 is 6.07. The van der Waals surface area contributed by atoms with Gasteiger partial charge in [0.25, 0.3) is 0 Å². The van der Waals surface area contributed by atoms with Crippen molar-refractivity contribution in [1.29, 1.82) is 0 Å². The van der Waals surface area contributed by atoms with Crippen LogP contribution in [-0.4, -0.2) is 51.9 Å². The molecule has 7 heteroatoms. The highest BCUT2D eigenvalue weighted by Crippen LogP contribution is 2.23. The van der Waals surface area contributed by atoms with Crippen LogP contribution in [-0.2, 0) is 4.74 Å². The molecule has 0 aromatic heterocycles. The molecule has 0 spiro atoms. The van der Waals surface area contributed by atoms with E-state index in [1.54, 1.807) is 7.11 Å². The smallest absolute Gasteiger partial charge is 0.191 e. The van der Waals surface area contributed by atoms with Gasteiger partial charge in [-0.15, -0.1) is 24.0 Å². The van der Waals surface area contributed by atoms with E-state index in [1.165, 1.54) is 5.69 Å². The third-order valence-electron chi connectivity index (χ3n) is 3.61. The van der Waals surface area contributed by atoms with Gasteiger partial charge in [0.2, 0.25) is 0 Å². The fraction of sp³-hybridized carbons (Fsp3) is 0.562. The summed E-state index contributed by atoms with van der Waals surface area (Å²) in [6, 6.07) is 8.41. The van der Waals surface area contributed by atoms with Crippen LogP contribution in [0.1, 0.15) is 13.3 Å². The van der Waals surface area contributed by atoms with Crippen molar-refractivity contribution in [1.82, 2.24) is 10.6 Å². The van der Waals surface area contributed by atoms with Crippen molar-refractivity contribution in [2.24, 2.45) is 4.99 Å². The predicted molar refractivity (Wildman–Crippen MR) is 108 cm³/mol. The number of halogens is 2. The average Bonchev–Trinajstić information content (AvgIpc) is 2.96. The second-order valence-corrected chi connectivity index (χ2v) is 5.75. The number of benzene rings is 1. The van der Waals surface area contributed by atoms with Gasteiger partial charge in [-0.1, -0.05) is 17.7 Å². The van der Waals surface area contributed by atoms with E-state index in [-0.39, 0.29) is 24.0 Å². The van der Waals surface area contributed by atoms with Gasteiger partial charge in [-0.25, -0.2) is 0 Å². The first-order valence-corrected chi connectivity index (χ1v) is 8.15. The van der Waals surface area contributed by atoms with Crippen molar-refractivity contribution in [3.05, 3.63) is 29.3 Å². The first kappa shape index (κ1) is 20.3. The van der Waals surface area contributed by atoms with Crippen LogP contribution in [0.2, 0.25) is 5.02 Å². The minimum absolute atomic E-state index is 0. The van der Waals surface area contributed by atoms with Crippen LogP contribution in [0.25, 0.3) is 0 Å². The van der Waals surface area contributed by atoms with Gasteiger partial charge in [0, 0.05) is 43.5 Å². The topological polar surface area (TPSA) is 48.9 Å². The molecule has 23 heavy (non-hydrogen) atoms.